The zero-order chi connectivity index (χ0) is 19.4. The van der Waals surface area contributed by atoms with E-state index in [0.29, 0.717) is 16.9 Å². The van der Waals surface area contributed by atoms with E-state index >= 15 is 0 Å². The lowest BCUT2D eigenvalue weighted by Gasteiger charge is -2.19. The summed E-state index contributed by atoms with van der Waals surface area (Å²) in [7, 11) is -2.20. The summed E-state index contributed by atoms with van der Waals surface area (Å²) >= 11 is 2.14. The molecule has 0 bridgehead atoms. The number of carbonyl (C=O) groups is 1. The number of benzene rings is 3. The topological polar surface area (TPSA) is 66.5 Å². The van der Waals surface area contributed by atoms with Gasteiger partial charge in [0.2, 0.25) is 0 Å². The lowest BCUT2D eigenvalue weighted by molar-refractivity contribution is 0.102. The van der Waals surface area contributed by atoms with Gasteiger partial charge in [0, 0.05) is 16.2 Å². The average Bonchev–Trinajstić information content (AvgIpc) is 2.70. The van der Waals surface area contributed by atoms with Crippen molar-refractivity contribution in [3.63, 3.8) is 0 Å². The lowest BCUT2D eigenvalue weighted by atomic mass is 10.2. The Bertz CT molecular complexity index is 1050. The summed E-state index contributed by atoms with van der Waals surface area (Å²) in [6.07, 6.45) is 0. The van der Waals surface area contributed by atoms with Crippen LogP contribution in [0.5, 0.6) is 0 Å². The molecule has 1 amide bonds. The van der Waals surface area contributed by atoms with Crippen molar-refractivity contribution in [2.24, 2.45) is 0 Å². The maximum absolute atomic E-state index is 12.8. The van der Waals surface area contributed by atoms with Crippen LogP contribution in [0.4, 0.5) is 11.4 Å². The van der Waals surface area contributed by atoms with Crippen molar-refractivity contribution in [1.82, 2.24) is 0 Å². The van der Waals surface area contributed by atoms with Crippen LogP contribution in [0.1, 0.15) is 10.4 Å². The molecular formula is C20H17IN2O3S. The first-order valence-electron chi connectivity index (χ1n) is 8.09. The third-order valence-corrected chi connectivity index (χ3v) is 6.76. The number of halogens is 1. The number of sulfonamides is 1. The van der Waals surface area contributed by atoms with Gasteiger partial charge in [0.25, 0.3) is 15.9 Å². The first-order valence-corrected chi connectivity index (χ1v) is 10.6. The molecule has 0 aliphatic rings. The molecule has 0 saturated carbocycles. The number of hydrogen-bond acceptors (Lipinski definition) is 3. The quantitative estimate of drug-likeness (QED) is 0.539. The van der Waals surface area contributed by atoms with E-state index in [-0.39, 0.29) is 10.8 Å². The van der Waals surface area contributed by atoms with Gasteiger partial charge >= 0.3 is 0 Å². The first kappa shape index (κ1) is 19.4. The third kappa shape index (κ3) is 4.30. The average molecular weight is 492 g/mol. The molecule has 138 valence electrons. The van der Waals surface area contributed by atoms with Crippen molar-refractivity contribution in [2.75, 3.05) is 16.7 Å². The molecule has 3 aromatic rings. The van der Waals surface area contributed by atoms with Crippen molar-refractivity contribution in [2.45, 2.75) is 4.90 Å². The normalized spacial score (nSPS) is 11.0. The molecular weight excluding hydrogens is 475 g/mol. The van der Waals surface area contributed by atoms with E-state index in [4.69, 9.17) is 0 Å². The van der Waals surface area contributed by atoms with Gasteiger partial charge in [-0.1, -0.05) is 30.3 Å². The number of rotatable bonds is 5. The molecule has 0 aromatic heterocycles. The second-order valence-electron chi connectivity index (χ2n) is 5.77. The molecule has 7 heteroatoms. The van der Waals surface area contributed by atoms with Crippen LogP contribution in [0.15, 0.2) is 83.8 Å². The lowest BCUT2D eigenvalue weighted by Crippen LogP contribution is -2.26. The number of anilines is 2. The van der Waals surface area contributed by atoms with Crippen LogP contribution in [0.3, 0.4) is 0 Å². The molecule has 0 radical (unpaired) electrons. The fraction of sp³-hybridized carbons (Fsp3) is 0.0500. The highest BCUT2D eigenvalue weighted by Crippen LogP contribution is 2.22. The van der Waals surface area contributed by atoms with Crippen LogP contribution in [0, 0.1) is 3.57 Å². The van der Waals surface area contributed by atoms with Gasteiger partial charge in [0.05, 0.1) is 16.3 Å². The van der Waals surface area contributed by atoms with Gasteiger partial charge in [-0.25, -0.2) is 8.42 Å². The zero-order valence-electron chi connectivity index (χ0n) is 14.5. The van der Waals surface area contributed by atoms with E-state index in [0.717, 1.165) is 3.57 Å². The predicted octanol–water partition coefficient (Wildman–Crippen LogP) is 4.37. The Kier molecular flexibility index (Phi) is 5.81. The molecule has 0 saturated heterocycles. The summed E-state index contributed by atoms with van der Waals surface area (Å²) in [5.41, 5.74) is 1.66. The number of nitrogens with one attached hydrogen (secondary N) is 1. The van der Waals surface area contributed by atoms with Crippen molar-refractivity contribution in [3.05, 3.63) is 88.0 Å². The summed E-state index contributed by atoms with van der Waals surface area (Å²) in [5.74, 6) is -0.292. The molecule has 0 unspecified atom stereocenters. The molecule has 0 heterocycles. The second-order valence-corrected chi connectivity index (χ2v) is 8.90. The van der Waals surface area contributed by atoms with Gasteiger partial charge < -0.3 is 5.32 Å². The monoisotopic (exact) mass is 492 g/mol. The molecule has 0 aliphatic carbocycles. The van der Waals surface area contributed by atoms with Crippen LogP contribution < -0.4 is 9.62 Å². The molecule has 0 fully saturated rings. The minimum absolute atomic E-state index is 0.125. The minimum atomic E-state index is -3.70. The van der Waals surface area contributed by atoms with Gasteiger partial charge in [0.15, 0.2) is 0 Å². The van der Waals surface area contributed by atoms with E-state index in [1.165, 1.54) is 35.6 Å². The molecule has 0 atom stereocenters. The standard InChI is InChI=1S/C20H17IN2O3S/c1-23(16-7-3-2-4-8-16)27(25,26)17-13-11-15(12-14-17)20(24)22-19-10-6-5-9-18(19)21/h2-14H,1H3,(H,22,24). The number of amides is 1. The first-order chi connectivity index (χ1) is 12.9. The molecule has 0 spiro atoms. The zero-order valence-corrected chi connectivity index (χ0v) is 17.4. The van der Waals surface area contributed by atoms with Crippen LogP contribution in [-0.4, -0.2) is 21.4 Å². The molecule has 1 N–H and O–H groups in total. The van der Waals surface area contributed by atoms with Gasteiger partial charge in [-0.05, 0) is 71.1 Å². The Morgan fingerprint density at radius 3 is 2.11 bits per heavy atom. The highest BCUT2D eigenvalue weighted by Gasteiger charge is 2.21. The highest BCUT2D eigenvalue weighted by atomic mass is 127. The van der Waals surface area contributed by atoms with E-state index in [1.807, 2.05) is 30.3 Å². The fourth-order valence-electron chi connectivity index (χ4n) is 2.47. The van der Waals surface area contributed by atoms with E-state index in [9.17, 15) is 13.2 Å². The number of para-hydroxylation sites is 2. The molecule has 3 aromatic carbocycles. The number of nitrogens with zero attached hydrogens (tertiary/aromatic N) is 1. The Hall–Kier alpha value is -2.39. The summed E-state index contributed by atoms with van der Waals surface area (Å²) in [6, 6.07) is 22.2. The molecule has 27 heavy (non-hydrogen) atoms. The Morgan fingerprint density at radius 1 is 0.889 bits per heavy atom. The van der Waals surface area contributed by atoms with E-state index in [1.54, 1.807) is 24.3 Å². The molecule has 0 aliphatic heterocycles. The van der Waals surface area contributed by atoms with E-state index < -0.39 is 10.0 Å². The maximum Gasteiger partial charge on any atom is 0.264 e. The Balaban J connectivity index is 1.80. The largest absolute Gasteiger partial charge is 0.321 e. The van der Waals surface area contributed by atoms with Crippen molar-refractivity contribution in [3.8, 4) is 0 Å². The minimum Gasteiger partial charge on any atom is -0.321 e. The summed E-state index contributed by atoms with van der Waals surface area (Å²) < 4.78 is 27.7. The van der Waals surface area contributed by atoms with Gasteiger partial charge in [-0.2, -0.15) is 0 Å². The second kappa shape index (κ2) is 8.10. The number of carbonyl (C=O) groups excluding carboxylic acids is 1. The Morgan fingerprint density at radius 2 is 1.48 bits per heavy atom. The van der Waals surface area contributed by atoms with Crippen molar-refractivity contribution >= 4 is 49.9 Å². The van der Waals surface area contributed by atoms with Crippen LogP contribution in [-0.2, 0) is 10.0 Å². The van der Waals surface area contributed by atoms with Gasteiger partial charge in [-0.3, -0.25) is 9.10 Å². The van der Waals surface area contributed by atoms with Crippen LogP contribution in [0.2, 0.25) is 0 Å². The van der Waals surface area contributed by atoms with Crippen molar-refractivity contribution < 1.29 is 13.2 Å². The van der Waals surface area contributed by atoms with Gasteiger partial charge in [-0.15, -0.1) is 0 Å². The summed E-state index contributed by atoms with van der Waals surface area (Å²) in [4.78, 5) is 12.5. The molecule has 5 nitrogen and oxygen atoms in total. The van der Waals surface area contributed by atoms with Crippen molar-refractivity contribution in [1.29, 1.82) is 0 Å². The van der Waals surface area contributed by atoms with Gasteiger partial charge in [0.1, 0.15) is 0 Å². The summed E-state index contributed by atoms with van der Waals surface area (Å²) in [5, 5.41) is 2.83. The third-order valence-electron chi connectivity index (χ3n) is 4.02. The smallest absolute Gasteiger partial charge is 0.264 e. The van der Waals surface area contributed by atoms with Crippen LogP contribution in [0.25, 0.3) is 0 Å². The summed E-state index contributed by atoms with van der Waals surface area (Å²) in [6.45, 7) is 0. The molecule has 3 rings (SSSR count). The predicted molar refractivity (Wildman–Crippen MR) is 116 cm³/mol. The van der Waals surface area contributed by atoms with Crippen LogP contribution >= 0.6 is 22.6 Å². The van der Waals surface area contributed by atoms with E-state index in [2.05, 4.69) is 27.9 Å². The maximum atomic E-state index is 12.8. The fourth-order valence-corrected chi connectivity index (χ4v) is 4.19. The number of hydrogen-bond donors (Lipinski definition) is 1. The Labute approximate surface area is 172 Å². The highest BCUT2D eigenvalue weighted by molar-refractivity contribution is 14.1. The SMILES string of the molecule is CN(c1ccccc1)S(=O)(=O)c1ccc(C(=O)Nc2ccccc2I)cc1.